The summed E-state index contributed by atoms with van der Waals surface area (Å²) >= 11 is -0.0406. The van der Waals surface area contributed by atoms with Gasteiger partial charge in [-0.3, -0.25) is 4.79 Å². The molecule has 1 saturated carbocycles. The van der Waals surface area contributed by atoms with Gasteiger partial charge in [0.25, 0.3) is 5.03 Å². The van der Waals surface area contributed by atoms with Crippen LogP contribution in [0.15, 0.2) is 26.7 Å². The van der Waals surface area contributed by atoms with Gasteiger partial charge in [0.15, 0.2) is 4.90 Å². The van der Waals surface area contributed by atoms with E-state index in [4.69, 9.17) is 4.98 Å². The summed E-state index contributed by atoms with van der Waals surface area (Å²) in [5.41, 5.74) is 3.66. The fourth-order valence-electron chi connectivity index (χ4n) is 4.38. The summed E-state index contributed by atoms with van der Waals surface area (Å²) in [6.45, 7) is 7.42. The molecular formula is C22H31N5O2S2. The average Bonchev–Trinajstić information content (AvgIpc) is 3.40. The van der Waals surface area contributed by atoms with Gasteiger partial charge in [-0.05, 0) is 26.8 Å². The van der Waals surface area contributed by atoms with E-state index in [9.17, 15) is 9.35 Å². The van der Waals surface area contributed by atoms with Gasteiger partial charge in [-0.15, -0.1) is 11.3 Å². The monoisotopic (exact) mass is 461 g/mol. The van der Waals surface area contributed by atoms with Crippen LogP contribution in [0.2, 0.25) is 0 Å². The van der Waals surface area contributed by atoms with Crippen molar-refractivity contribution in [3.8, 4) is 0 Å². The third kappa shape index (κ3) is 5.16. The zero-order valence-corrected chi connectivity index (χ0v) is 20.1. The second-order valence-electron chi connectivity index (χ2n) is 8.46. The third-order valence-corrected chi connectivity index (χ3v) is 8.22. The van der Waals surface area contributed by atoms with Crippen molar-refractivity contribution in [3.63, 3.8) is 0 Å². The normalized spacial score (nSPS) is 18.9. The SMILES string of the molecule is CC(=O)Nc1cscc1[S+]([O-])c1cc(NC2CCCC2)c(N2CCN(C)CC2)c(C)n1. The lowest BCUT2D eigenvalue weighted by molar-refractivity contribution is -0.114. The number of carbonyl (C=O) groups is 1. The number of likely N-dealkylation sites (N-methyl/N-ethyl adjacent to an activating group) is 1. The van der Waals surface area contributed by atoms with E-state index in [0.29, 0.717) is 21.7 Å². The van der Waals surface area contributed by atoms with Crippen LogP contribution in [0.5, 0.6) is 0 Å². The smallest absolute Gasteiger partial charge is 0.252 e. The second kappa shape index (κ2) is 9.77. The summed E-state index contributed by atoms with van der Waals surface area (Å²) in [6.07, 6.45) is 4.83. The molecule has 2 aromatic rings. The van der Waals surface area contributed by atoms with Crippen LogP contribution in [0.4, 0.5) is 17.1 Å². The molecule has 1 atom stereocenters. The Kier molecular flexibility index (Phi) is 7.05. The lowest BCUT2D eigenvalue weighted by Crippen LogP contribution is -2.45. The van der Waals surface area contributed by atoms with Crippen molar-refractivity contribution in [2.24, 2.45) is 0 Å². The molecule has 168 valence electrons. The Balaban J connectivity index is 1.68. The minimum Gasteiger partial charge on any atom is -0.605 e. The Hall–Kier alpha value is -1.81. The molecule has 9 heteroatoms. The molecule has 0 aromatic carbocycles. The maximum Gasteiger partial charge on any atom is 0.252 e. The van der Waals surface area contributed by atoms with Gasteiger partial charge in [0, 0.05) is 67.1 Å². The Morgan fingerprint density at radius 1 is 1.19 bits per heavy atom. The first-order valence-electron chi connectivity index (χ1n) is 10.9. The lowest BCUT2D eigenvalue weighted by atomic mass is 10.1. The van der Waals surface area contributed by atoms with Crippen LogP contribution in [0, 0.1) is 6.92 Å². The van der Waals surface area contributed by atoms with Gasteiger partial charge >= 0.3 is 0 Å². The number of aryl methyl sites for hydroxylation is 1. The Morgan fingerprint density at radius 2 is 1.90 bits per heavy atom. The van der Waals surface area contributed by atoms with Crippen LogP contribution in [-0.2, 0) is 16.0 Å². The molecule has 1 aliphatic carbocycles. The number of rotatable bonds is 6. The predicted octanol–water partition coefficient (Wildman–Crippen LogP) is 3.68. The number of amides is 1. The van der Waals surface area contributed by atoms with E-state index in [1.807, 2.05) is 23.8 Å². The first-order chi connectivity index (χ1) is 14.9. The first-order valence-corrected chi connectivity index (χ1v) is 13.0. The summed E-state index contributed by atoms with van der Waals surface area (Å²) in [5.74, 6) is -0.171. The number of anilines is 3. The van der Waals surface area contributed by atoms with Gasteiger partial charge in [-0.2, -0.15) is 0 Å². The van der Waals surface area contributed by atoms with E-state index < -0.39 is 11.2 Å². The van der Waals surface area contributed by atoms with E-state index in [0.717, 1.165) is 43.2 Å². The number of nitrogens with zero attached hydrogens (tertiary/aromatic N) is 3. The van der Waals surface area contributed by atoms with Crippen molar-refractivity contribution in [2.75, 3.05) is 48.8 Å². The van der Waals surface area contributed by atoms with Gasteiger partial charge < -0.3 is 25.0 Å². The van der Waals surface area contributed by atoms with Crippen LogP contribution >= 0.6 is 11.3 Å². The summed E-state index contributed by atoms with van der Waals surface area (Å²) in [5, 5.41) is 10.7. The van der Waals surface area contributed by atoms with Crippen LogP contribution in [-0.4, -0.2) is 59.6 Å². The quantitative estimate of drug-likeness (QED) is 0.639. The van der Waals surface area contributed by atoms with Crippen molar-refractivity contribution < 1.29 is 9.35 Å². The molecular weight excluding hydrogens is 430 g/mol. The fraction of sp³-hybridized carbons (Fsp3) is 0.545. The molecule has 2 N–H and O–H groups in total. The minimum atomic E-state index is -1.47. The van der Waals surface area contributed by atoms with Gasteiger partial charge in [0.05, 0.1) is 17.1 Å². The van der Waals surface area contributed by atoms with Crippen LogP contribution in [0.25, 0.3) is 0 Å². The standard InChI is InChI=1S/C22H31N5O2S2/c1-15-22(27-10-8-26(3)9-11-27)18(25-17-6-4-5-7-17)12-21(23-15)31(29)20-14-30-13-19(20)24-16(2)28/h12-14,17H,4-11H2,1-3H3,(H,23,25)(H,24,28). The zero-order valence-electron chi connectivity index (χ0n) is 18.4. The van der Waals surface area contributed by atoms with Crippen molar-refractivity contribution >= 4 is 45.5 Å². The lowest BCUT2D eigenvalue weighted by Gasteiger charge is -2.36. The molecule has 1 saturated heterocycles. The Labute approximate surface area is 191 Å². The zero-order chi connectivity index (χ0) is 22.0. The third-order valence-electron chi connectivity index (χ3n) is 6.00. The number of hydrogen-bond donors (Lipinski definition) is 2. The highest BCUT2D eigenvalue weighted by Crippen LogP contribution is 2.37. The van der Waals surface area contributed by atoms with E-state index in [2.05, 4.69) is 27.5 Å². The highest BCUT2D eigenvalue weighted by molar-refractivity contribution is 7.91. The molecule has 1 unspecified atom stereocenters. The molecule has 2 fully saturated rings. The van der Waals surface area contributed by atoms with E-state index in [1.165, 1.54) is 43.9 Å². The molecule has 1 aliphatic heterocycles. The molecule has 1 amide bonds. The second-order valence-corrected chi connectivity index (χ2v) is 10.6. The molecule has 0 spiro atoms. The highest BCUT2D eigenvalue weighted by Gasteiger charge is 2.28. The van der Waals surface area contributed by atoms with Crippen molar-refractivity contribution in [1.82, 2.24) is 9.88 Å². The number of hydrogen-bond acceptors (Lipinski definition) is 7. The molecule has 0 bridgehead atoms. The molecule has 0 radical (unpaired) electrons. The number of nitrogens with one attached hydrogen (secondary N) is 2. The van der Waals surface area contributed by atoms with E-state index in [1.54, 1.807) is 0 Å². The van der Waals surface area contributed by atoms with E-state index in [-0.39, 0.29) is 5.91 Å². The number of piperazine rings is 1. The Morgan fingerprint density at radius 3 is 2.58 bits per heavy atom. The molecule has 2 aromatic heterocycles. The summed E-state index contributed by atoms with van der Waals surface area (Å²) in [6, 6.07) is 2.41. The number of carbonyl (C=O) groups excluding carboxylic acids is 1. The topological polar surface area (TPSA) is 83.6 Å². The predicted molar refractivity (Wildman–Crippen MR) is 128 cm³/mol. The average molecular weight is 462 g/mol. The summed E-state index contributed by atoms with van der Waals surface area (Å²) in [7, 11) is 2.15. The minimum absolute atomic E-state index is 0.171. The van der Waals surface area contributed by atoms with Crippen LogP contribution in [0.3, 0.4) is 0 Å². The molecule has 7 nitrogen and oxygen atoms in total. The van der Waals surface area contributed by atoms with Crippen molar-refractivity contribution in [2.45, 2.75) is 55.5 Å². The van der Waals surface area contributed by atoms with Gasteiger partial charge in [0.1, 0.15) is 5.69 Å². The number of aromatic nitrogens is 1. The van der Waals surface area contributed by atoms with Crippen LogP contribution in [0.1, 0.15) is 38.3 Å². The maximum atomic E-state index is 13.4. The molecule has 3 heterocycles. The number of pyridine rings is 1. The largest absolute Gasteiger partial charge is 0.605 e. The summed E-state index contributed by atoms with van der Waals surface area (Å²) in [4.78, 5) is 21.6. The highest BCUT2D eigenvalue weighted by atomic mass is 32.2. The maximum absolute atomic E-state index is 13.4. The molecule has 4 rings (SSSR count). The van der Waals surface area contributed by atoms with Crippen molar-refractivity contribution in [1.29, 1.82) is 0 Å². The van der Waals surface area contributed by atoms with E-state index >= 15 is 0 Å². The van der Waals surface area contributed by atoms with Crippen molar-refractivity contribution in [3.05, 3.63) is 22.5 Å². The van der Waals surface area contributed by atoms with Gasteiger partial charge in [-0.1, -0.05) is 12.8 Å². The van der Waals surface area contributed by atoms with Gasteiger partial charge in [-0.25, -0.2) is 4.98 Å². The molecule has 31 heavy (non-hydrogen) atoms. The number of thiophene rings is 1. The Bertz CT molecular complexity index is 921. The summed E-state index contributed by atoms with van der Waals surface area (Å²) < 4.78 is 13.4. The first kappa shape index (κ1) is 22.4. The van der Waals surface area contributed by atoms with Gasteiger partial charge in [0.2, 0.25) is 5.91 Å². The molecule has 2 aliphatic rings. The van der Waals surface area contributed by atoms with Crippen LogP contribution < -0.4 is 15.5 Å². The fourth-order valence-corrected chi connectivity index (χ4v) is 6.60.